The van der Waals surface area contributed by atoms with Crippen LogP contribution < -0.4 is 10.1 Å². The molecule has 0 radical (unpaired) electrons. The molecule has 0 aliphatic heterocycles. The van der Waals surface area contributed by atoms with Crippen molar-refractivity contribution in [3.8, 4) is 5.75 Å². The van der Waals surface area contributed by atoms with Crippen LogP contribution in [0.1, 0.15) is 38.8 Å². The highest BCUT2D eigenvalue weighted by Gasteiger charge is 2.09. The normalized spacial score (nSPS) is 12.8. The highest BCUT2D eigenvalue weighted by Crippen LogP contribution is 2.18. The van der Waals surface area contributed by atoms with E-state index in [2.05, 4.69) is 12.2 Å². The zero-order chi connectivity index (χ0) is 12.7. The fourth-order valence-corrected chi connectivity index (χ4v) is 1.66. The van der Waals surface area contributed by atoms with Crippen LogP contribution in [0.15, 0.2) is 24.3 Å². The largest absolute Gasteiger partial charge is 0.491 e. The van der Waals surface area contributed by atoms with Gasteiger partial charge in [-0.1, -0.05) is 19.1 Å². The summed E-state index contributed by atoms with van der Waals surface area (Å²) in [6.45, 7) is 7.15. The van der Waals surface area contributed by atoms with Gasteiger partial charge in [0.15, 0.2) is 0 Å². The fraction of sp³-hybridized carbons (Fsp3) is 0.571. The molecule has 1 rings (SSSR count). The molecule has 1 atom stereocenters. The molecule has 17 heavy (non-hydrogen) atoms. The van der Waals surface area contributed by atoms with Gasteiger partial charge in [0.2, 0.25) is 0 Å². The SMILES string of the molecule is CCCNC(CO)c1ccc(OC(C)C)cc1. The number of hydrogen-bond donors (Lipinski definition) is 2. The summed E-state index contributed by atoms with van der Waals surface area (Å²) >= 11 is 0. The predicted molar refractivity (Wildman–Crippen MR) is 70.3 cm³/mol. The Morgan fingerprint density at radius 2 is 1.88 bits per heavy atom. The van der Waals surface area contributed by atoms with Gasteiger partial charge >= 0.3 is 0 Å². The number of aliphatic hydroxyl groups is 1. The van der Waals surface area contributed by atoms with Crippen molar-refractivity contribution in [3.63, 3.8) is 0 Å². The first kappa shape index (κ1) is 14.0. The van der Waals surface area contributed by atoms with Crippen LogP contribution in [0, 0.1) is 0 Å². The topological polar surface area (TPSA) is 41.5 Å². The number of hydrogen-bond acceptors (Lipinski definition) is 3. The van der Waals surface area contributed by atoms with Gasteiger partial charge in [0.05, 0.1) is 18.8 Å². The Morgan fingerprint density at radius 3 is 2.35 bits per heavy atom. The van der Waals surface area contributed by atoms with Gasteiger partial charge in [-0.3, -0.25) is 0 Å². The lowest BCUT2D eigenvalue weighted by Crippen LogP contribution is -2.25. The van der Waals surface area contributed by atoms with Gasteiger partial charge in [0.25, 0.3) is 0 Å². The van der Waals surface area contributed by atoms with Crippen LogP contribution in [0.2, 0.25) is 0 Å². The number of ether oxygens (including phenoxy) is 1. The van der Waals surface area contributed by atoms with Gasteiger partial charge in [0.1, 0.15) is 5.75 Å². The standard InChI is InChI=1S/C14H23NO2/c1-4-9-15-14(10-16)12-5-7-13(8-6-12)17-11(2)3/h5-8,11,14-16H,4,9-10H2,1-3H3. The number of nitrogens with one attached hydrogen (secondary N) is 1. The van der Waals surface area contributed by atoms with Crippen molar-refractivity contribution < 1.29 is 9.84 Å². The molecule has 0 fully saturated rings. The molecule has 1 unspecified atom stereocenters. The summed E-state index contributed by atoms with van der Waals surface area (Å²) in [5.41, 5.74) is 1.09. The Bertz CT molecular complexity index is 309. The van der Waals surface area contributed by atoms with E-state index in [4.69, 9.17) is 4.74 Å². The molecular formula is C14H23NO2. The summed E-state index contributed by atoms with van der Waals surface area (Å²) in [6, 6.07) is 7.92. The first-order valence-corrected chi connectivity index (χ1v) is 6.28. The summed E-state index contributed by atoms with van der Waals surface area (Å²) < 4.78 is 5.58. The van der Waals surface area contributed by atoms with E-state index in [1.165, 1.54) is 0 Å². The lowest BCUT2D eigenvalue weighted by molar-refractivity contribution is 0.239. The second-order valence-electron chi connectivity index (χ2n) is 4.42. The Balaban J connectivity index is 2.64. The average Bonchev–Trinajstić information content (AvgIpc) is 2.31. The Morgan fingerprint density at radius 1 is 1.24 bits per heavy atom. The van der Waals surface area contributed by atoms with Gasteiger partial charge in [-0.25, -0.2) is 0 Å². The van der Waals surface area contributed by atoms with Gasteiger partial charge in [-0.15, -0.1) is 0 Å². The van der Waals surface area contributed by atoms with Crippen LogP contribution >= 0.6 is 0 Å². The molecule has 0 heterocycles. The third-order valence-electron chi connectivity index (χ3n) is 2.48. The van der Waals surface area contributed by atoms with E-state index in [9.17, 15) is 5.11 Å². The molecule has 0 aliphatic rings. The first-order chi connectivity index (χ1) is 8.17. The number of rotatable bonds is 7. The average molecular weight is 237 g/mol. The zero-order valence-corrected chi connectivity index (χ0v) is 10.9. The summed E-state index contributed by atoms with van der Waals surface area (Å²) in [4.78, 5) is 0. The van der Waals surface area contributed by atoms with Gasteiger partial charge in [0, 0.05) is 0 Å². The van der Waals surface area contributed by atoms with E-state index in [1.807, 2.05) is 38.1 Å². The molecule has 0 amide bonds. The molecule has 0 spiro atoms. The van der Waals surface area contributed by atoms with Crippen molar-refractivity contribution >= 4 is 0 Å². The Kier molecular flexibility index (Phi) is 6.01. The minimum absolute atomic E-state index is 0.0167. The van der Waals surface area contributed by atoms with Crippen molar-refractivity contribution in [1.29, 1.82) is 0 Å². The van der Waals surface area contributed by atoms with E-state index in [0.29, 0.717) is 0 Å². The predicted octanol–water partition coefficient (Wildman–Crippen LogP) is 2.51. The van der Waals surface area contributed by atoms with E-state index in [0.717, 1.165) is 24.3 Å². The van der Waals surface area contributed by atoms with Crippen molar-refractivity contribution in [1.82, 2.24) is 5.32 Å². The van der Waals surface area contributed by atoms with E-state index < -0.39 is 0 Å². The maximum Gasteiger partial charge on any atom is 0.119 e. The molecule has 2 N–H and O–H groups in total. The minimum atomic E-state index is 0.0167. The number of aliphatic hydroxyl groups excluding tert-OH is 1. The second kappa shape index (κ2) is 7.30. The molecule has 0 aliphatic carbocycles. The Labute approximate surface area is 104 Å². The number of benzene rings is 1. The monoisotopic (exact) mass is 237 g/mol. The molecule has 0 saturated carbocycles. The van der Waals surface area contributed by atoms with Crippen molar-refractivity contribution in [3.05, 3.63) is 29.8 Å². The van der Waals surface area contributed by atoms with Crippen LogP contribution in [0.5, 0.6) is 5.75 Å². The minimum Gasteiger partial charge on any atom is -0.491 e. The lowest BCUT2D eigenvalue weighted by Gasteiger charge is -2.17. The van der Waals surface area contributed by atoms with Gasteiger partial charge < -0.3 is 15.2 Å². The summed E-state index contributed by atoms with van der Waals surface area (Å²) in [5, 5.41) is 12.6. The maximum absolute atomic E-state index is 9.33. The third-order valence-corrected chi connectivity index (χ3v) is 2.48. The quantitative estimate of drug-likeness (QED) is 0.765. The molecule has 0 bridgehead atoms. The van der Waals surface area contributed by atoms with Crippen LogP contribution in [0.3, 0.4) is 0 Å². The van der Waals surface area contributed by atoms with Crippen molar-refractivity contribution in [2.24, 2.45) is 0 Å². The molecule has 96 valence electrons. The summed E-state index contributed by atoms with van der Waals surface area (Å²) in [7, 11) is 0. The van der Waals surface area contributed by atoms with Crippen LogP contribution in [0.25, 0.3) is 0 Å². The smallest absolute Gasteiger partial charge is 0.119 e. The molecule has 1 aromatic rings. The van der Waals surface area contributed by atoms with Gasteiger partial charge in [-0.05, 0) is 44.5 Å². The molecule has 3 nitrogen and oxygen atoms in total. The van der Waals surface area contributed by atoms with E-state index >= 15 is 0 Å². The van der Waals surface area contributed by atoms with Crippen LogP contribution in [-0.2, 0) is 0 Å². The van der Waals surface area contributed by atoms with Crippen LogP contribution in [-0.4, -0.2) is 24.4 Å². The fourth-order valence-electron chi connectivity index (χ4n) is 1.66. The van der Waals surface area contributed by atoms with Crippen molar-refractivity contribution in [2.75, 3.05) is 13.2 Å². The van der Waals surface area contributed by atoms with E-state index in [-0.39, 0.29) is 18.8 Å². The second-order valence-corrected chi connectivity index (χ2v) is 4.42. The highest BCUT2D eigenvalue weighted by molar-refractivity contribution is 5.29. The van der Waals surface area contributed by atoms with Gasteiger partial charge in [-0.2, -0.15) is 0 Å². The molecule has 1 aromatic carbocycles. The summed E-state index contributed by atoms with van der Waals surface area (Å²) in [5.74, 6) is 0.871. The first-order valence-electron chi connectivity index (χ1n) is 6.28. The lowest BCUT2D eigenvalue weighted by atomic mass is 10.1. The van der Waals surface area contributed by atoms with E-state index in [1.54, 1.807) is 0 Å². The third kappa shape index (κ3) is 4.75. The van der Waals surface area contributed by atoms with Crippen molar-refractivity contribution in [2.45, 2.75) is 39.3 Å². The zero-order valence-electron chi connectivity index (χ0n) is 10.9. The maximum atomic E-state index is 9.33. The summed E-state index contributed by atoms with van der Waals surface area (Å²) in [6.07, 6.45) is 1.25. The van der Waals surface area contributed by atoms with Crippen LogP contribution in [0.4, 0.5) is 0 Å². The highest BCUT2D eigenvalue weighted by atomic mass is 16.5. The molecule has 3 heteroatoms. The Hall–Kier alpha value is -1.06. The molecule has 0 saturated heterocycles. The molecule has 0 aromatic heterocycles. The molecular weight excluding hydrogens is 214 g/mol.